The second-order valence-corrected chi connectivity index (χ2v) is 34.6. The molecule has 137 heavy (non-hydrogen) atoms. The number of ether oxygens (including phenoxy) is 5. The van der Waals surface area contributed by atoms with Crippen LogP contribution in [0.25, 0.3) is 0 Å². The summed E-state index contributed by atoms with van der Waals surface area (Å²) >= 11 is 15.9. The Morgan fingerprint density at radius 2 is 0.818 bits per heavy atom. The molecule has 12 rings (SSSR count). The van der Waals surface area contributed by atoms with Gasteiger partial charge in [-0.15, -0.1) is 23.2 Å². The van der Waals surface area contributed by atoms with Gasteiger partial charge < -0.3 is 45.0 Å². The van der Waals surface area contributed by atoms with Crippen LogP contribution in [0.2, 0.25) is 0 Å². The Kier molecular flexibility index (Phi) is 37.1. The highest BCUT2D eigenvalue weighted by Crippen LogP contribution is 2.49. The fraction of sp³-hybridized carbons (Fsp3) is 0.423. The number of carbonyl (C=O) groups is 5. The van der Waals surface area contributed by atoms with E-state index in [-0.39, 0.29) is 130 Å². The molecule has 736 valence electrons. The van der Waals surface area contributed by atoms with E-state index in [4.69, 9.17) is 64.2 Å². The van der Waals surface area contributed by atoms with Crippen molar-refractivity contribution in [3.05, 3.63) is 284 Å². The van der Waals surface area contributed by atoms with Crippen molar-refractivity contribution in [2.45, 2.75) is 200 Å². The highest BCUT2D eigenvalue weighted by atomic mass is 35.5. The van der Waals surface area contributed by atoms with Gasteiger partial charge >= 0.3 is 49.2 Å². The van der Waals surface area contributed by atoms with Crippen LogP contribution in [0.3, 0.4) is 0 Å². The van der Waals surface area contributed by atoms with Gasteiger partial charge in [0.25, 0.3) is 0 Å². The number of likely N-dealkylation sites (tertiary alicyclic amines) is 3. The van der Waals surface area contributed by atoms with E-state index < -0.39 is 147 Å². The third-order valence-corrected chi connectivity index (χ3v) is 24.7. The average molecular weight is 2000 g/mol. The quantitative estimate of drug-likeness (QED) is 0.0245. The Bertz CT molecular complexity index is 5420. The summed E-state index contributed by atoms with van der Waals surface area (Å²) in [4.78, 5) is 66.8. The summed E-state index contributed by atoms with van der Waals surface area (Å²) in [5.41, 5.74) is -7.76. The van der Waals surface area contributed by atoms with Crippen LogP contribution in [0.4, 0.5) is 88.6 Å². The molecule has 0 aliphatic carbocycles. The number of alkyl halides is 20. The lowest BCUT2D eigenvalue weighted by Crippen LogP contribution is -2.66. The molecule has 0 aromatic heterocycles. The molecule has 0 spiro atoms. The number of nitrogens with two attached hydrogens (primary N) is 1. The molecule has 0 radical (unpaired) electrons. The van der Waals surface area contributed by atoms with Crippen molar-refractivity contribution in [1.82, 2.24) is 25.3 Å². The van der Waals surface area contributed by atoms with Crippen molar-refractivity contribution < 1.29 is 127 Å². The minimum Gasteiger partial charge on any atom is -0.445 e. The molecule has 19 nitrogen and oxygen atoms in total. The van der Waals surface area contributed by atoms with Crippen LogP contribution in [0, 0.1) is 34.0 Å². The summed E-state index contributed by atoms with van der Waals surface area (Å²) < 4.78 is 272. The van der Waals surface area contributed by atoms with Gasteiger partial charge in [-0.25, -0.2) is 9.59 Å². The number of amides is 4. The van der Waals surface area contributed by atoms with Gasteiger partial charge in [0.15, 0.2) is 0 Å². The second-order valence-electron chi connectivity index (χ2n) is 33.5. The molecular formula is C97H96Cl3F18N9O10. The van der Waals surface area contributed by atoms with Gasteiger partial charge in [-0.05, 0) is 189 Å². The van der Waals surface area contributed by atoms with Crippen molar-refractivity contribution in [1.29, 1.82) is 15.8 Å². The highest BCUT2D eigenvalue weighted by molar-refractivity contribution is 6.63. The van der Waals surface area contributed by atoms with Crippen molar-refractivity contribution in [3.8, 4) is 18.2 Å². The summed E-state index contributed by atoms with van der Waals surface area (Å²) in [6.07, 6.45) is -32.0. The monoisotopic (exact) mass is 1990 g/mol. The predicted octanol–water partition coefficient (Wildman–Crippen LogP) is 23.6. The lowest BCUT2D eigenvalue weighted by atomic mass is 9.75. The number of nitrogens with zero attached hydrogens (tertiary/aromatic N) is 6. The third kappa shape index (κ3) is 29.0. The molecule has 4 amide bonds. The maximum absolute atomic E-state index is 14.0. The number of hydrogen-bond donors (Lipinski definition) is 3. The number of hydrogen-bond acceptors (Lipinski definition) is 15. The van der Waals surface area contributed by atoms with E-state index in [1.165, 1.54) is 30.6 Å². The summed E-state index contributed by atoms with van der Waals surface area (Å²) in [7, 11) is 0. The van der Waals surface area contributed by atoms with Gasteiger partial charge in [-0.3, -0.25) is 24.2 Å². The predicted molar refractivity (Wildman–Crippen MR) is 468 cm³/mol. The topological polar surface area (TPSA) is 263 Å². The molecule has 0 saturated carbocycles. The zero-order valence-corrected chi connectivity index (χ0v) is 76.2. The Labute approximate surface area is 793 Å². The molecule has 4 heterocycles. The number of benzene rings is 8. The van der Waals surface area contributed by atoms with Crippen LogP contribution in [0.15, 0.2) is 206 Å². The van der Waals surface area contributed by atoms with E-state index in [9.17, 15) is 119 Å². The van der Waals surface area contributed by atoms with E-state index in [1.54, 1.807) is 138 Å². The Morgan fingerprint density at radius 3 is 1.14 bits per heavy atom. The minimum absolute atomic E-state index is 0.00388. The molecule has 4 aliphatic rings. The Balaban J connectivity index is 0.000000223. The van der Waals surface area contributed by atoms with Crippen LogP contribution in [0.1, 0.15) is 194 Å². The fourth-order valence-electron chi connectivity index (χ4n) is 16.2. The normalized spacial score (nSPS) is 21.5. The first-order valence-corrected chi connectivity index (χ1v) is 44.4. The third-order valence-electron chi connectivity index (χ3n) is 24.0. The smallest absolute Gasteiger partial charge is 0.416 e. The molecule has 40 heteroatoms. The van der Waals surface area contributed by atoms with Gasteiger partial charge in [0, 0.05) is 44.1 Å². The molecular weight excluding hydrogens is 1900 g/mol. The van der Waals surface area contributed by atoms with E-state index in [0.717, 1.165) is 5.56 Å². The molecule has 8 aromatic carbocycles. The SMILES string of the molecule is C[C@@H](OC[C@@]1(c2ccccc2)CC[C@@](C#N)(N2CCCC2=O)CN1)c1cc(C(F)(F)F)cc(C(F)(F)F)c1.C[C@@H](OC[C@@]1(c2ccccc2)CC[C@@](C#N)(NC(=O)CCCCl)CN1C(=O)OCc1ccccc1)c1cc(C(F)(F)F)cc(C(F)(F)F)c1.C[C@@H](OC[C@@]1(c2ccccc2)CC[C@](N)(C#N)CN1C(=O)OCc1ccccc1)c1cc(C(F)(F)F)cc(C(F)(F)F)c1.O=C(Cl)CCCCl. The second kappa shape index (κ2) is 46.5. The zero-order valence-electron chi connectivity index (χ0n) is 73.9. The summed E-state index contributed by atoms with van der Waals surface area (Å²) in [5.74, 6) is 0.184. The van der Waals surface area contributed by atoms with Crippen LogP contribution in [0.5, 0.6) is 0 Å². The maximum atomic E-state index is 14.0. The molecule has 4 aliphatic heterocycles. The van der Waals surface area contributed by atoms with E-state index in [0.29, 0.717) is 116 Å². The number of rotatable bonds is 27. The van der Waals surface area contributed by atoms with Gasteiger partial charge in [0.2, 0.25) is 17.1 Å². The first kappa shape index (κ1) is 109. The van der Waals surface area contributed by atoms with Gasteiger partial charge in [-0.1, -0.05) is 152 Å². The van der Waals surface area contributed by atoms with E-state index in [1.807, 2.05) is 24.3 Å². The van der Waals surface area contributed by atoms with Crippen LogP contribution < -0.4 is 16.4 Å². The molecule has 4 N–H and O–H groups in total. The van der Waals surface area contributed by atoms with E-state index in [2.05, 4.69) is 22.8 Å². The molecule has 4 saturated heterocycles. The minimum atomic E-state index is -5.06. The van der Waals surface area contributed by atoms with Gasteiger partial charge in [-0.2, -0.15) is 94.8 Å². The van der Waals surface area contributed by atoms with Crippen molar-refractivity contribution in [2.24, 2.45) is 5.73 Å². The van der Waals surface area contributed by atoms with Crippen LogP contribution in [-0.2, 0) is 105 Å². The van der Waals surface area contributed by atoms with Gasteiger partial charge in [0.1, 0.15) is 29.8 Å². The first-order valence-electron chi connectivity index (χ1n) is 42.9. The number of nitriles is 3. The molecule has 8 aromatic rings. The van der Waals surface area contributed by atoms with Crippen LogP contribution >= 0.6 is 34.8 Å². The molecule has 0 bridgehead atoms. The summed E-state index contributed by atoms with van der Waals surface area (Å²) in [6, 6.07) is 54.2. The molecule has 9 atom stereocenters. The highest BCUT2D eigenvalue weighted by Gasteiger charge is 2.56. The lowest BCUT2D eigenvalue weighted by molar-refractivity contribution is -0.145. The largest absolute Gasteiger partial charge is 0.445 e. The number of carbonyl (C=O) groups excluding carboxylic acids is 5. The number of piperidine rings is 3. The molecule has 4 fully saturated rings. The zero-order chi connectivity index (χ0) is 101. The Morgan fingerprint density at radius 1 is 0.460 bits per heavy atom. The average Bonchev–Trinajstić information content (AvgIpc) is 1.56. The maximum Gasteiger partial charge on any atom is 0.416 e. The van der Waals surface area contributed by atoms with Crippen molar-refractivity contribution >= 4 is 64.0 Å². The number of nitrogens with one attached hydrogen (secondary N) is 2. The summed E-state index contributed by atoms with van der Waals surface area (Å²) in [5, 5.41) is 35.9. The lowest BCUT2D eigenvalue weighted by Gasteiger charge is -2.51. The fourth-order valence-corrected chi connectivity index (χ4v) is 16.6. The summed E-state index contributed by atoms with van der Waals surface area (Å²) in [6.45, 7) is 2.99. The molecule has 0 unspecified atom stereocenters. The van der Waals surface area contributed by atoms with Crippen LogP contribution in [-0.4, -0.2) is 118 Å². The van der Waals surface area contributed by atoms with Gasteiger partial charge in [0.05, 0.1) is 119 Å². The first-order chi connectivity index (χ1) is 64.4. The van der Waals surface area contributed by atoms with Crippen molar-refractivity contribution in [2.75, 3.05) is 57.8 Å². The van der Waals surface area contributed by atoms with Crippen molar-refractivity contribution in [3.63, 3.8) is 0 Å². The van der Waals surface area contributed by atoms with E-state index >= 15 is 0 Å². The number of halogens is 21. The standard InChI is InChI=1S/C35H34ClF6N3O4.C31H29F6N3O3.C27H27F6N3O2.C4H6Cl2O/c1-24(26-17-28(34(37,38)39)19-29(18-26)35(40,41)42)49-23-33(27-11-6-3-7-12-27)15-14-32(21-43,44-30(46)13-8-16-36)22-45(33)31(47)48-20-25-9-4-2-5-10-25;1-21(23-14-25(30(32,33)34)16-26(15-23)31(35,36)37)43-20-29(24-10-6-3-7-11-24)13-12-28(39,18-38)19-40(29)27(41)42-17-22-8-4-2-5-9-22;1-18(19-12-21(26(28,29)30)14-22(13-19)27(31,32)33)38-17-25(20-6-3-2-4-7-20)10-9-24(15-34,16-35-25)36-11-5-8-23(36)37;5-3-1-2-4(6)7/h2-7,9-12,17-19,24H,8,13-16,20,22-23H2,1H3,(H,44,46);2-11,14-16,21H,12-13,17,19-20,39H2,1H3;2-4,6-7,12-14,18,35H,5,8-11,16-17H2,1H3;1-3H2/t24-,32+,33-;21-,28+,29-;18-,24+,25-;/m111./s1. The Hall–Kier alpha value is -11.2.